The molecule has 6 heteroatoms. The fourth-order valence-corrected chi connectivity index (χ4v) is 2.93. The molecule has 0 heterocycles. The second-order valence-corrected chi connectivity index (χ2v) is 6.50. The molecule has 0 aliphatic rings. The van der Waals surface area contributed by atoms with Gasteiger partial charge in [0.05, 0.1) is 6.61 Å². The molecule has 0 bridgehead atoms. The molecule has 0 radical (unpaired) electrons. The molecule has 28 heavy (non-hydrogen) atoms. The molecule has 2 aromatic carbocycles. The van der Waals surface area contributed by atoms with Gasteiger partial charge >= 0.3 is 12.1 Å². The Kier molecular flexibility index (Phi) is 8.34. The van der Waals surface area contributed by atoms with Crippen molar-refractivity contribution in [2.24, 2.45) is 0 Å². The van der Waals surface area contributed by atoms with Crippen LogP contribution >= 0.6 is 0 Å². The molecule has 0 saturated carbocycles. The Hall–Kier alpha value is -3.02. The lowest BCUT2D eigenvalue weighted by Gasteiger charge is -2.12. The quantitative estimate of drug-likeness (QED) is 0.286. The molecule has 0 aliphatic heterocycles. The second kappa shape index (κ2) is 11.0. The Bertz CT molecular complexity index is 782. The van der Waals surface area contributed by atoms with E-state index >= 15 is 0 Å². The molecule has 0 amide bonds. The fraction of sp³-hybridized carbons (Fsp3) is 0.364. The molecule has 0 atom stereocenters. The summed E-state index contributed by atoms with van der Waals surface area (Å²) in [6.45, 7) is 2.84. The second-order valence-electron chi connectivity index (χ2n) is 6.50. The predicted molar refractivity (Wildman–Crippen MR) is 106 cm³/mol. The number of aromatic carboxylic acids is 1. The van der Waals surface area contributed by atoms with Crippen molar-refractivity contribution in [1.82, 2.24) is 0 Å². The van der Waals surface area contributed by atoms with Gasteiger partial charge in [-0.05, 0) is 30.2 Å². The van der Waals surface area contributed by atoms with Gasteiger partial charge in [0.25, 0.3) is 0 Å². The summed E-state index contributed by atoms with van der Waals surface area (Å²) in [5.41, 5.74) is 0.833. The number of benzene rings is 2. The Morgan fingerprint density at radius 1 is 0.893 bits per heavy atom. The third-order valence-electron chi connectivity index (χ3n) is 4.37. The van der Waals surface area contributed by atoms with E-state index in [1.165, 1.54) is 31.7 Å². The first-order valence-electron chi connectivity index (χ1n) is 9.53. The van der Waals surface area contributed by atoms with Crippen LogP contribution in [0.5, 0.6) is 11.5 Å². The maximum absolute atomic E-state index is 11.4. The molecule has 0 aromatic heterocycles. The summed E-state index contributed by atoms with van der Waals surface area (Å²) in [6, 6.07) is 11.6. The third kappa shape index (κ3) is 6.30. The minimum absolute atomic E-state index is 0.191. The highest BCUT2D eigenvalue weighted by Gasteiger charge is 2.19. The van der Waals surface area contributed by atoms with E-state index in [2.05, 4.69) is 6.92 Å². The van der Waals surface area contributed by atoms with E-state index in [9.17, 15) is 14.7 Å². The number of rotatable bonds is 11. The van der Waals surface area contributed by atoms with Crippen LogP contribution in [0.1, 0.15) is 55.8 Å². The minimum atomic E-state index is -1.56. The molecule has 0 fully saturated rings. The van der Waals surface area contributed by atoms with Crippen molar-refractivity contribution < 1.29 is 29.3 Å². The van der Waals surface area contributed by atoms with Crippen molar-refractivity contribution in [3.8, 4) is 22.6 Å². The van der Waals surface area contributed by atoms with Crippen LogP contribution in [0.3, 0.4) is 0 Å². The zero-order valence-corrected chi connectivity index (χ0v) is 16.0. The summed E-state index contributed by atoms with van der Waals surface area (Å²) >= 11 is 0. The SMILES string of the molecule is CCCCCCCCOc1ccc(-c2cccc(C(=O)O)c2OC(=O)O)cc1. The van der Waals surface area contributed by atoms with Crippen molar-refractivity contribution in [3.63, 3.8) is 0 Å². The number of hydrogen-bond donors (Lipinski definition) is 2. The van der Waals surface area contributed by atoms with Crippen LogP contribution in [0.15, 0.2) is 42.5 Å². The molecule has 0 aliphatic carbocycles. The van der Waals surface area contributed by atoms with Crippen molar-refractivity contribution in [3.05, 3.63) is 48.0 Å². The van der Waals surface area contributed by atoms with Gasteiger partial charge in [-0.15, -0.1) is 0 Å². The largest absolute Gasteiger partial charge is 0.511 e. The number of hydrogen-bond acceptors (Lipinski definition) is 4. The van der Waals surface area contributed by atoms with Gasteiger partial charge < -0.3 is 19.7 Å². The van der Waals surface area contributed by atoms with Gasteiger partial charge in [0.1, 0.15) is 11.3 Å². The summed E-state index contributed by atoms with van der Waals surface area (Å²) in [7, 11) is 0. The summed E-state index contributed by atoms with van der Waals surface area (Å²) in [4.78, 5) is 22.4. The number of carboxylic acids is 1. The average Bonchev–Trinajstić information content (AvgIpc) is 2.67. The highest BCUT2D eigenvalue weighted by atomic mass is 16.7. The van der Waals surface area contributed by atoms with E-state index in [0.29, 0.717) is 23.5 Å². The molecule has 0 saturated heterocycles. The highest BCUT2D eigenvalue weighted by Crippen LogP contribution is 2.34. The fourth-order valence-electron chi connectivity index (χ4n) is 2.93. The number of ether oxygens (including phenoxy) is 2. The maximum Gasteiger partial charge on any atom is 0.511 e. The van der Waals surface area contributed by atoms with Crippen molar-refractivity contribution in [1.29, 1.82) is 0 Å². The Labute approximate surface area is 164 Å². The first kappa shape index (κ1) is 21.3. The van der Waals surface area contributed by atoms with Gasteiger partial charge in [-0.3, -0.25) is 0 Å². The zero-order chi connectivity index (χ0) is 20.4. The molecule has 0 spiro atoms. The molecule has 150 valence electrons. The maximum atomic E-state index is 11.4. The van der Waals surface area contributed by atoms with Gasteiger partial charge in [-0.25, -0.2) is 9.59 Å². The lowest BCUT2D eigenvalue weighted by Crippen LogP contribution is -2.09. The predicted octanol–water partition coefficient (Wildman–Crippen LogP) is 5.85. The van der Waals surface area contributed by atoms with Crippen LogP contribution in [0, 0.1) is 0 Å². The van der Waals surface area contributed by atoms with E-state index in [0.717, 1.165) is 12.8 Å². The normalized spacial score (nSPS) is 10.5. The molecule has 2 rings (SSSR count). The van der Waals surface area contributed by atoms with Gasteiger partial charge in [0.15, 0.2) is 5.75 Å². The Morgan fingerprint density at radius 3 is 2.21 bits per heavy atom. The van der Waals surface area contributed by atoms with Crippen LogP contribution in [0.2, 0.25) is 0 Å². The molecule has 0 unspecified atom stereocenters. The van der Waals surface area contributed by atoms with E-state index in [4.69, 9.17) is 14.6 Å². The van der Waals surface area contributed by atoms with Gasteiger partial charge in [-0.1, -0.05) is 63.3 Å². The van der Waals surface area contributed by atoms with Gasteiger partial charge in [-0.2, -0.15) is 0 Å². The molecular weight excluding hydrogens is 360 g/mol. The van der Waals surface area contributed by atoms with Crippen molar-refractivity contribution in [2.75, 3.05) is 6.61 Å². The van der Waals surface area contributed by atoms with Crippen LogP contribution in [-0.2, 0) is 0 Å². The summed E-state index contributed by atoms with van der Waals surface area (Å²) in [5, 5.41) is 18.2. The summed E-state index contributed by atoms with van der Waals surface area (Å²) in [6.07, 6.45) is 5.59. The van der Waals surface area contributed by atoms with E-state index in [1.54, 1.807) is 36.4 Å². The minimum Gasteiger partial charge on any atom is -0.494 e. The molecule has 2 N–H and O–H groups in total. The highest BCUT2D eigenvalue weighted by molar-refractivity contribution is 5.95. The number of unbranched alkanes of at least 4 members (excludes halogenated alkanes) is 5. The molecular formula is C22H26O6. The number of carbonyl (C=O) groups is 2. The van der Waals surface area contributed by atoms with E-state index < -0.39 is 12.1 Å². The lowest BCUT2D eigenvalue weighted by molar-refractivity contribution is 0.0693. The topological polar surface area (TPSA) is 93.1 Å². The first-order valence-corrected chi connectivity index (χ1v) is 9.53. The van der Waals surface area contributed by atoms with Crippen LogP contribution in [0.25, 0.3) is 11.1 Å². The summed E-state index contributed by atoms with van der Waals surface area (Å²) in [5.74, 6) is -0.729. The van der Waals surface area contributed by atoms with Crippen molar-refractivity contribution >= 4 is 12.1 Å². The first-order chi connectivity index (χ1) is 13.5. The smallest absolute Gasteiger partial charge is 0.494 e. The summed E-state index contributed by atoms with van der Waals surface area (Å²) < 4.78 is 10.5. The van der Waals surface area contributed by atoms with Crippen molar-refractivity contribution in [2.45, 2.75) is 45.4 Å². The monoisotopic (exact) mass is 386 g/mol. The van der Waals surface area contributed by atoms with E-state index in [-0.39, 0.29) is 11.3 Å². The Balaban J connectivity index is 2.04. The molecule has 2 aromatic rings. The number of para-hydroxylation sites is 1. The standard InChI is InChI=1S/C22H26O6/c1-2-3-4-5-6-7-15-27-17-13-11-16(12-14-17)18-9-8-10-19(21(23)24)20(18)28-22(25)26/h8-14H,2-7,15H2,1H3,(H,23,24)(H,25,26). The zero-order valence-electron chi connectivity index (χ0n) is 16.0. The van der Waals surface area contributed by atoms with E-state index in [1.807, 2.05) is 0 Å². The third-order valence-corrected chi connectivity index (χ3v) is 4.37. The lowest BCUT2D eigenvalue weighted by atomic mass is 10.0. The van der Waals surface area contributed by atoms with Gasteiger partial charge in [0, 0.05) is 5.56 Å². The van der Waals surface area contributed by atoms with Crippen LogP contribution in [-0.4, -0.2) is 28.9 Å². The molecule has 6 nitrogen and oxygen atoms in total. The van der Waals surface area contributed by atoms with Crippen LogP contribution in [0.4, 0.5) is 4.79 Å². The van der Waals surface area contributed by atoms with Gasteiger partial charge in [0.2, 0.25) is 0 Å². The number of carboxylic acid groups (broad SMARTS) is 2. The Morgan fingerprint density at radius 2 is 1.57 bits per heavy atom. The van der Waals surface area contributed by atoms with Crippen LogP contribution < -0.4 is 9.47 Å². The average molecular weight is 386 g/mol.